The summed E-state index contributed by atoms with van der Waals surface area (Å²) >= 11 is 18.8. The minimum atomic E-state index is -1.23. The van der Waals surface area contributed by atoms with E-state index in [1.54, 1.807) is 54.6 Å². The molecule has 0 fully saturated rings. The van der Waals surface area contributed by atoms with E-state index in [4.69, 9.17) is 37.4 Å². The van der Waals surface area contributed by atoms with Crippen molar-refractivity contribution in [2.24, 2.45) is 0 Å². The minimum Gasteiger partial charge on any atom is -0.507 e. The first kappa shape index (κ1) is 67.7. The number of benzene rings is 8. The first-order valence-electron chi connectivity index (χ1n) is 26.3. The first-order chi connectivity index (χ1) is 39.7. The summed E-state index contributed by atoms with van der Waals surface area (Å²) < 4.78 is 18.2. The van der Waals surface area contributed by atoms with Crippen LogP contribution in [-0.2, 0) is 33.3 Å². The molecule has 18 heteroatoms. The SMILES string of the molecule is BrB(Br)Br.COc1ccc(-c2ccc(Oc3ccccc3C(C)(C)C)c(NC(=O)Cc3ccc(C)cc3)c2)cc1C(=O)O.Cc1ccc(CC(=O)Nc2cc(-c3ccc(O)c(C(=O)O)c3)ccc2Oc2ccccc2C(C)(C)C)cc1.ClCCl. The summed E-state index contributed by atoms with van der Waals surface area (Å²) in [6.07, 6.45) is 0.388. The lowest BCUT2D eigenvalue weighted by molar-refractivity contribution is -0.116. The standard InChI is InChI=1S/C33H33NO5.C32H31NO5.CH2Cl2.BBr3/c1-21-10-12-22(13-11-21)18-31(35)34-27-20-24(23-14-16-28(38-5)25(19-23)32(36)37)15-17-30(27)39-29-9-7-6-8-26(29)33(2,3)4;1-20-9-11-21(12-10-20)17-30(35)33-26-19-23(22-13-15-27(34)24(18-22)31(36)37)14-16-29(26)38-28-8-6-5-7-25(28)32(2,3)4;2-1-3;2-1(3)4/h6-17,19-20H,18H2,1-5H3,(H,34,35)(H,36,37);5-16,18-19,34H,17H2,1-4H3,(H,33,35)(H,36,37);1H2;. The highest BCUT2D eigenvalue weighted by atomic mass is 79.9. The Balaban J connectivity index is 0.000000277. The molecule has 2 amide bonds. The number of hydrogen-bond donors (Lipinski definition) is 5. The van der Waals surface area contributed by atoms with Crippen molar-refractivity contribution in [1.29, 1.82) is 0 Å². The molecule has 0 radical (unpaired) electrons. The number of phenols is 1. The monoisotopic (exact) mass is 1360 g/mol. The van der Waals surface area contributed by atoms with Crippen LogP contribution in [0.25, 0.3) is 22.3 Å². The number of methoxy groups -OCH3 is 1. The summed E-state index contributed by atoms with van der Waals surface area (Å²) in [5, 5.41) is 35.2. The number of aromatic carboxylic acids is 2. The van der Waals surface area contributed by atoms with E-state index in [2.05, 4.69) is 99.4 Å². The molecule has 0 aromatic heterocycles. The Bertz CT molecular complexity index is 3550. The second-order valence-electron chi connectivity index (χ2n) is 21.1. The van der Waals surface area contributed by atoms with E-state index < -0.39 is 11.9 Å². The van der Waals surface area contributed by atoms with Gasteiger partial charge in [-0.05, 0) is 119 Å². The molecule has 0 aliphatic carbocycles. The average Bonchev–Trinajstić information content (AvgIpc) is 3.41. The lowest BCUT2D eigenvalue weighted by Crippen LogP contribution is -2.15. The Kier molecular flexibility index (Phi) is 25.6. The summed E-state index contributed by atoms with van der Waals surface area (Å²) in [5.74, 6) is -0.427. The predicted molar refractivity (Wildman–Crippen MR) is 352 cm³/mol. The van der Waals surface area contributed by atoms with Gasteiger partial charge in [0, 0.05) is 11.1 Å². The average molecular weight is 1370 g/mol. The van der Waals surface area contributed by atoms with E-state index in [0.717, 1.165) is 38.9 Å². The molecule has 5 N–H and O–H groups in total. The molecule has 12 nitrogen and oxygen atoms in total. The van der Waals surface area contributed by atoms with E-state index in [9.17, 15) is 34.5 Å². The number of carboxylic acids is 2. The van der Waals surface area contributed by atoms with Crippen molar-refractivity contribution >= 4 is 109 Å². The third kappa shape index (κ3) is 20.6. The van der Waals surface area contributed by atoms with Gasteiger partial charge in [0.1, 0.15) is 34.1 Å². The number of anilines is 2. The Morgan fingerprint density at radius 2 is 0.821 bits per heavy atom. The van der Waals surface area contributed by atoms with E-state index >= 15 is 0 Å². The van der Waals surface area contributed by atoms with Crippen LogP contribution in [0, 0.1) is 13.8 Å². The van der Waals surface area contributed by atoms with Crippen LogP contribution in [0.15, 0.2) is 170 Å². The lowest BCUT2D eigenvalue weighted by atomic mass is 9.86. The second kappa shape index (κ2) is 31.7. The molecule has 8 aromatic rings. The summed E-state index contributed by atoms with van der Waals surface area (Å²) in [6, 6.07) is 51.3. The largest absolute Gasteiger partial charge is 0.507 e. The number of aryl methyl sites for hydroxylation is 2. The molecule has 0 heterocycles. The summed E-state index contributed by atoms with van der Waals surface area (Å²) in [4.78, 5) is 49.5. The number of nitrogens with one attached hydrogen (secondary N) is 2. The summed E-state index contributed by atoms with van der Waals surface area (Å²) in [5.41, 5.74) is 9.19. The van der Waals surface area contributed by atoms with Crippen molar-refractivity contribution in [3.63, 3.8) is 0 Å². The van der Waals surface area contributed by atoms with Crippen molar-refractivity contribution in [2.75, 3.05) is 23.1 Å². The zero-order valence-corrected chi connectivity index (χ0v) is 54.2. The van der Waals surface area contributed by atoms with Gasteiger partial charge in [-0.15, -0.1) is 70.5 Å². The topological polar surface area (TPSA) is 181 Å². The van der Waals surface area contributed by atoms with Gasteiger partial charge < -0.3 is 40.2 Å². The number of halogens is 5. The molecular formula is C66H66BBr3Cl2N2O10. The van der Waals surface area contributed by atoms with E-state index in [0.29, 0.717) is 51.1 Å². The molecule has 0 saturated heterocycles. The number of aromatic hydroxyl groups is 1. The first-order valence-corrected chi connectivity index (χ1v) is 30.1. The van der Waals surface area contributed by atoms with Crippen molar-refractivity contribution in [3.8, 4) is 56.8 Å². The highest BCUT2D eigenvalue weighted by Gasteiger charge is 2.23. The molecule has 0 aliphatic rings. The molecule has 8 rings (SSSR count). The molecule has 438 valence electrons. The number of para-hydroxylation sites is 2. The molecular weight excluding hydrogens is 1300 g/mol. The van der Waals surface area contributed by atoms with Crippen molar-refractivity contribution in [3.05, 3.63) is 214 Å². The third-order valence-electron chi connectivity index (χ3n) is 12.6. The highest BCUT2D eigenvalue weighted by Crippen LogP contribution is 2.41. The van der Waals surface area contributed by atoms with E-state index in [1.165, 1.54) is 19.2 Å². The maximum atomic E-state index is 13.1. The number of carbonyl (C=O) groups is 4. The third-order valence-corrected chi connectivity index (χ3v) is 12.6. The predicted octanol–water partition coefficient (Wildman–Crippen LogP) is 18.6. The van der Waals surface area contributed by atoms with Gasteiger partial charge in [-0.3, -0.25) is 9.59 Å². The van der Waals surface area contributed by atoms with Crippen LogP contribution in [0.2, 0.25) is 0 Å². The molecule has 0 spiro atoms. The normalized spacial score (nSPS) is 10.7. The summed E-state index contributed by atoms with van der Waals surface area (Å²) in [7, 11) is 1.44. The number of alkyl halides is 2. The Morgan fingerprint density at radius 1 is 0.488 bits per heavy atom. The lowest BCUT2D eigenvalue weighted by Gasteiger charge is -2.23. The van der Waals surface area contributed by atoms with Gasteiger partial charge in [0.15, 0.2) is 11.5 Å². The van der Waals surface area contributed by atoms with E-state index in [-0.39, 0.29) is 66.6 Å². The van der Waals surface area contributed by atoms with Crippen LogP contribution in [0.4, 0.5) is 11.4 Å². The number of amides is 2. The van der Waals surface area contributed by atoms with Crippen LogP contribution < -0.4 is 24.8 Å². The number of carbonyl (C=O) groups excluding carboxylic acids is 2. The maximum absolute atomic E-state index is 13.1. The van der Waals surface area contributed by atoms with Crippen molar-refractivity contribution < 1.29 is 48.7 Å². The smallest absolute Gasteiger partial charge is 0.369 e. The van der Waals surface area contributed by atoms with Gasteiger partial charge in [-0.1, -0.05) is 162 Å². The van der Waals surface area contributed by atoms with Gasteiger partial charge in [-0.25, -0.2) is 9.59 Å². The van der Waals surface area contributed by atoms with Crippen LogP contribution in [-0.4, -0.2) is 54.7 Å². The van der Waals surface area contributed by atoms with Gasteiger partial charge in [-0.2, -0.15) is 0 Å². The molecule has 0 aliphatic heterocycles. The molecule has 0 atom stereocenters. The number of carboxylic acid groups (broad SMARTS) is 2. The summed E-state index contributed by atoms with van der Waals surface area (Å²) in [6.45, 7) is 16.7. The van der Waals surface area contributed by atoms with Crippen molar-refractivity contribution in [2.45, 2.75) is 79.1 Å². The fourth-order valence-electron chi connectivity index (χ4n) is 8.49. The Hall–Kier alpha value is -7.08. The molecule has 84 heavy (non-hydrogen) atoms. The second-order valence-corrected chi connectivity index (χ2v) is 28.4. The highest BCUT2D eigenvalue weighted by molar-refractivity contribution is 9.69. The Labute approximate surface area is 526 Å². The van der Waals surface area contributed by atoms with Crippen LogP contribution >= 0.6 is 70.5 Å². The van der Waals surface area contributed by atoms with Crippen LogP contribution in [0.3, 0.4) is 0 Å². The van der Waals surface area contributed by atoms with E-state index in [1.807, 2.05) is 117 Å². The Morgan fingerprint density at radius 3 is 1.18 bits per heavy atom. The zero-order chi connectivity index (χ0) is 61.9. The van der Waals surface area contributed by atoms with Gasteiger partial charge in [0.05, 0.1) is 36.7 Å². The minimum absolute atomic E-state index is 0.0550. The number of rotatable bonds is 15. The fourth-order valence-corrected chi connectivity index (χ4v) is 8.49. The van der Waals surface area contributed by atoms with Gasteiger partial charge in [0.25, 0.3) is 0 Å². The van der Waals surface area contributed by atoms with Gasteiger partial charge in [0.2, 0.25) is 11.8 Å². The number of ether oxygens (including phenoxy) is 3. The quantitative estimate of drug-likeness (QED) is 0.0490. The zero-order valence-electron chi connectivity index (χ0n) is 48.0. The molecule has 0 bridgehead atoms. The molecule has 8 aromatic carbocycles. The van der Waals surface area contributed by atoms with Crippen LogP contribution in [0.1, 0.15) is 95.6 Å². The van der Waals surface area contributed by atoms with Gasteiger partial charge >= 0.3 is 15.1 Å². The number of hydrogen-bond acceptors (Lipinski definition) is 8. The molecule has 0 saturated carbocycles. The van der Waals surface area contributed by atoms with Crippen molar-refractivity contribution in [1.82, 2.24) is 0 Å². The maximum Gasteiger partial charge on any atom is 0.369 e. The van der Waals surface area contributed by atoms with Crippen LogP contribution in [0.5, 0.6) is 34.5 Å². The molecule has 0 unspecified atom stereocenters. The fraction of sp³-hybridized carbons (Fsp3) is 0.212.